The summed E-state index contributed by atoms with van der Waals surface area (Å²) in [5.41, 5.74) is -0.194. The molecule has 1 N–H and O–H groups in total. The van der Waals surface area contributed by atoms with E-state index in [1.807, 2.05) is 6.92 Å². The molecule has 2 aromatic rings. The fourth-order valence-electron chi connectivity index (χ4n) is 2.75. The molecular formula is C15H19N3O4. The molecule has 0 aromatic carbocycles. The van der Waals surface area contributed by atoms with Crippen molar-refractivity contribution >= 4 is 11.1 Å². The van der Waals surface area contributed by atoms with Gasteiger partial charge in [0.05, 0.1) is 0 Å². The fraction of sp³-hybridized carbons (Fsp3) is 0.533. The number of likely N-dealkylation sites (tertiary alicyclic amines) is 1. The number of rotatable bonds is 5. The van der Waals surface area contributed by atoms with Gasteiger partial charge in [0.2, 0.25) is 5.71 Å². The monoisotopic (exact) mass is 305 g/mol. The van der Waals surface area contributed by atoms with E-state index in [9.17, 15) is 9.59 Å². The predicted octanol–water partition coefficient (Wildman–Crippen LogP) is 0.913. The second-order valence-electron chi connectivity index (χ2n) is 5.39. The lowest BCUT2D eigenvalue weighted by molar-refractivity contribution is 0.225. The third kappa shape index (κ3) is 3.04. The smallest absolute Gasteiger partial charge is 0.337 e. The molecule has 1 saturated heterocycles. The summed E-state index contributed by atoms with van der Waals surface area (Å²) in [7, 11) is 0. The van der Waals surface area contributed by atoms with E-state index in [1.165, 1.54) is 18.9 Å². The van der Waals surface area contributed by atoms with Gasteiger partial charge in [0, 0.05) is 12.6 Å². The molecule has 3 rings (SSSR count). The fourth-order valence-corrected chi connectivity index (χ4v) is 2.75. The second kappa shape index (κ2) is 6.31. The first-order valence-electron chi connectivity index (χ1n) is 7.59. The molecule has 0 unspecified atom stereocenters. The highest BCUT2D eigenvalue weighted by molar-refractivity contribution is 5.75. The van der Waals surface area contributed by atoms with E-state index in [-0.39, 0.29) is 17.3 Å². The molecule has 0 radical (unpaired) electrons. The van der Waals surface area contributed by atoms with Crippen molar-refractivity contribution in [3.8, 4) is 6.01 Å². The van der Waals surface area contributed by atoms with E-state index >= 15 is 0 Å². The average Bonchev–Trinajstić information content (AvgIpc) is 2.99. The average molecular weight is 305 g/mol. The molecule has 1 aliphatic heterocycles. The Morgan fingerprint density at radius 1 is 1.36 bits per heavy atom. The molecule has 0 spiro atoms. The minimum atomic E-state index is -0.509. The van der Waals surface area contributed by atoms with Crippen LogP contribution in [0.1, 0.15) is 25.3 Å². The molecule has 7 heteroatoms. The third-order valence-electron chi connectivity index (χ3n) is 3.90. The van der Waals surface area contributed by atoms with Crippen molar-refractivity contribution in [1.29, 1.82) is 0 Å². The van der Waals surface area contributed by atoms with Crippen molar-refractivity contribution in [2.75, 3.05) is 26.2 Å². The normalized spacial score (nSPS) is 15.5. The van der Waals surface area contributed by atoms with Gasteiger partial charge in [-0.05, 0) is 37.9 Å². The van der Waals surface area contributed by atoms with Gasteiger partial charge in [-0.1, -0.05) is 6.92 Å². The van der Waals surface area contributed by atoms with Crippen LogP contribution in [-0.4, -0.2) is 41.1 Å². The Hall–Kier alpha value is -2.15. The van der Waals surface area contributed by atoms with Crippen molar-refractivity contribution in [3.63, 3.8) is 0 Å². The van der Waals surface area contributed by atoms with Crippen molar-refractivity contribution in [3.05, 3.63) is 32.4 Å². The van der Waals surface area contributed by atoms with E-state index in [0.29, 0.717) is 24.0 Å². The molecule has 7 nitrogen and oxygen atoms in total. The van der Waals surface area contributed by atoms with Crippen LogP contribution in [-0.2, 0) is 6.42 Å². The lowest BCUT2D eigenvalue weighted by Gasteiger charge is -2.14. The van der Waals surface area contributed by atoms with Gasteiger partial charge in [-0.15, -0.1) is 0 Å². The van der Waals surface area contributed by atoms with Crippen LogP contribution in [0.4, 0.5) is 0 Å². The summed E-state index contributed by atoms with van der Waals surface area (Å²) in [4.78, 5) is 32.7. The molecule has 0 saturated carbocycles. The zero-order valence-corrected chi connectivity index (χ0v) is 12.6. The van der Waals surface area contributed by atoms with Gasteiger partial charge in [-0.2, -0.15) is 4.98 Å². The van der Waals surface area contributed by atoms with Gasteiger partial charge < -0.3 is 9.15 Å². The van der Waals surface area contributed by atoms with Crippen LogP contribution in [0.15, 0.2) is 20.1 Å². The molecule has 0 amide bonds. The zero-order chi connectivity index (χ0) is 15.5. The quantitative estimate of drug-likeness (QED) is 0.883. The minimum absolute atomic E-state index is 0.0317. The van der Waals surface area contributed by atoms with Crippen LogP contribution in [0.5, 0.6) is 6.01 Å². The molecule has 22 heavy (non-hydrogen) atoms. The molecule has 0 aliphatic carbocycles. The summed E-state index contributed by atoms with van der Waals surface area (Å²) >= 11 is 0. The molecule has 2 aromatic heterocycles. The third-order valence-corrected chi connectivity index (χ3v) is 3.90. The molecule has 0 atom stereocenters. The van der Waals surface area contributed by atoms with Crippen molar-refractivity contribution in [1.82, 2.24) is 14.9 Å². The van der Waals surface area contributed by atoms with Crippen molar-refractivity contribution in [2.24, 2.45) is 0 Å². The summed E-state index contributed by atoms with van der Waals surface area (Å²) in [6, 6.07) is 1.42. The largest absolute Gasteiger partial charge is 0.463 e. The Kier molecular flexibility index (Phi) is 4.24. The van der Waals surface area contributed by atoms with E-state index < -0.39 is 5.63 Å². The Bertz CT molecular complexity index is 774. The van der Waals surface area contributed by atoms with Crippen LogP contribution >= 0.6 is 0 Å². The number of hydrogen-bond acceptors (Lipinski definition) is 6. The number of aromatic nitrogens is 2. The summed E-state index contributed by atoms with van der Waals surface area (Å²) in [5.74, 6) is 0. The summed E-state index contributed by atoms with van der Waals surface area (Å²) in [5, 5.41) is 0.314. The number of ether oxygens (including phenoxy) is 1. The first-order chi connectivity index (χ1) is 10.7. The second-order valence-corrected chi connectivity index (χ2v) is 5.39. The summed E-state index contributed by atoms with van der Waals surface area (Å²) in [6.07, 6.45) is 2.99. The van der Waals surface area contributed by atoms with Gasteiger partial charge >= 0.3 is 5.63 Å². The lowest BCUT2D eigenvalue weighted by atomic mass is 10.1. The molecule has 1 fully saturated rings. The molecular weight excluding hydrogens is 286 g/mol. The van der Waals surface area contributed by atoms with Crippen molar-refractivity contribution < 1.29 is 9.15 Å². The van der Waals surface area contributed by atoms with Gasteiger partial charge in [0.25, 0.3) is 11.6 Å². The molecule has 1 aliphatic rings. The molecule has 3 heterocycles. The number of fused-ring (bicyclic) bond motifs is 1. The predicted molar refractivity (Wildman–Crippen MR) is 81.4 cm³/mol. The van der Waals surface area contributed by atoms with E-state index in [0.717, 1.165) is 19.6 Å². The van der Waals surface area contributed by atoms with Crippen LogP contribution in [0.2, 0.25) is 0 Å². The van der Waals surface area contributed by atoms with Gasteiger partial charge in [0.15, 0.2) is 0 Å². The number of nitrogens with zero attached hydrogens (tertiary/aromatic N) is 2. The first kappa shape index (κ1) is 14.8. The Labute approximate surface area is 126 Å². The van der Waals surface area contributed by atoms with Crippen LogP contribution in [0, 0.1) is 0 Å². The number of aromatic amines is 1. The molecule has 118 valence electrons. The van der Waals surface area contributed by atoms with E-state index in [2.05, 4.69) is 14.9 Å². The zero-order valence-electron chi connectivity index (χ0n) is 12.6. The Morgan fingerprint density at radius 2 is 2.14 bits per heavy atom. The maximum absolute atomic E-state index is 12.2. The van der Waals surface area contributed by atoms with E-state index in [1.54, 1.807) is 0 Å². The van der Waals surface area contributed by atoms with Crippen LogP contribution in [0.3, 0.4) is 0 Å². The summed E-state index contributed by atoms with van der Waals surface area (Å²) < 4.78 is 10.5. The topological polar surface area (TPSA) is 88.4 Å². The maximum atomic E-state index is 12.2. The van der Waals surface area contributed by atoms with Gasteiger partial charge in [-0.3, -0.25) is 14.7 Å². The highest BCUT2D eigenvalue weighted by atomic mass is 16.5. The Balaban J connectivity index is 1.82. The van der Waals surface area contributed by atoms with E-state index in [4.69, 9.17) is 9.15 Å². The Morgan fingerprint density at radius 3 is 2.86 bits per heavy atom. The first-order valence-corrected chi connectivity index (χ1v) is 7.59. The highest BCUT2D eigenvalue weighted by Gasteiger charge is 2.14. The standard InChI is InChI=1S/C15H19N3O4/c1-2-10-9-11(19)22-14-12(10)13(20)16-15(17-14)21-8-7-18-5-3-4-6-18/h9H,2-8H2,1H3,(H,16,17,20). The highest BCUT2D eigenvalue weighted by Crippen LogP contribution is 2.13. The van der Waals surface area contributed by atoms with Crippen molar-refractivity contribution in [2.45, 2.75) is 26.2 Å². The van der Waals surface area contributed by atoms with Crippen LogP contribution in [0.25, 0.3) is 11.1 Å². The van der Waals surface area contributed by atoms with Crippen LogP contribution < -0.4 is 15.9 Å². The molecule has 0 bridgehead atoms. The number of hydrogen-bond donors (Lipinski definition) is 1. The number of aryl methyl sites for hydroxylation is 1. The summed E-state index contributed by atoms with van der Waals surface area (Å²) in [6.45, 7) is 5.26. The number of nitrogens with one attached hydrogen (secondary N) is 1. The van der Waals surface area contributed by atoms with Gasteiger partial charge in [-0.25, -0.2) is 4.79 Å². The SMILES string of the molecule is CCc1cc(=O)oc2nc(OCCN3CCCC3)[nH]c(=O)c12. The van der Waals surface area contributed by atoms with Gasteiger partial charge in [0.1, 0.15) is 12.0 Å². The number of H-pyrrole nitrogens is 1. The minimum Gasteiger partial charge on any atom is -0.463 e. The maximum Gasteiger partial charge on any atom is 0.337 e. The lowest BCUT2D eigenvalue weighted by Crippen LogP contribution is -2.26.